The molecule has 0 atom stereocenters. The lowest BCUT2D eigenvalue weighted by atomic mass is 10.2. The van der Waals surface area contributed by atoms with Crippen molar-refractivity contribution in [3.63, 3.8) is 0 Å². The topological polar surface area (TPSA) is 75.8 Å². The Kier molecular flexibility index (Phi) is 3.89. The molecule has 8 heteroatoms. The van der Waals surface area contributed by atoms with E-state index in [1.54, 1.807) is 22.8 Å². The molecule has 0 spiro atoms. The van der Waals surface area contributed by atoms with E-state index in [1.807, 2.05) is 24.3 Å². The molecule has 26 heavy (non-hydrogen) atoms. The van der Waals surface area contributed by atoms with Gasteiger partial charge in [-0.2, -0.15) is 0 Å². The molecule has 3 aromatic rings. The van der Waals surface area contributed by atoms with Crippen LogP contribution in [0, 0.1) is 0 Å². The van der Waals surface area contributed by atoms with Gasteiger partial charge in [0.05, 0.1) is 10.4 Å². The molecule has 0 bridgehead atoms. The largest absolute Gasteiger partial charge is 0.421 e. The third-order valence-corrected chi connectivity index (χ3v) is 6.52. The number of para-hydroxylation sites is 2. The fourth-order valence-electron chi connectivity index (χ4n) is 3.28. The number of nitrogens with zero attached hydrogens (tertiary/aromatic N) is 3. The number of benzene rings is 2. The number of rotatable bonds is 4. The fourth-order valence-corrected chi connectivity index (χ4v) is 4.24. The predicted octanol–water partition coefficient (Wildman–Crippen LogP) is 1.86. The van der Waals surface area contributed by atoms with Crippen LogP contribution in [0.25, 0.3) is 11.1 Å². The first-order valence-corrected chi connectivity index (χ1v) is 9.71. The summed E-state index contributed by atoms with van der Waals surface area (Å²) in [5.41, 5.74) is 3.22. The molecular formula is C18H19N3O4S. The van der Waals surface area contributed by atoms with Gasteiger partial charge in [-0.1, -0.05) is 12.1 Å². The van der Waals surface area contributed by atoms with Gasteiger partial charge in [-0.05, 0) is 42.3 Å². The molecule has 1 aliphatic heterocycles. The van der Waals surface area contributed by atoms with Crippen molar-refractivity contribution in [1.82, 2.24) is 8.87 Å². The van der Waals surface area contributed by atoms with E-state index < -0.39 is 15.8 Å². The highest BCUT2D eigenvalue weighted by Gasteiger charge is 2.25. The number of anilines is 1. The van der Waals surface area contributed by atoms with Crippen LogP contribution in [0.15, 0.2) is 56.6 Å². The van der Waals surface area contributed by atoms with Crippen molar-refractivity contribution in [3.8, 4) is 0 Å². The lowest BCUT2D eigenvalue weighted by Crippen LogP contribution is -2.29. The minimum Gasteiger partial charge on any atom is -0.408 e. The second kappa shape index (κ2) is 6.00. The summed E-state index contributed by atoms with van der Waals surface area (Å²) in [5.74, 6) is -0.397. The molecule has 2 heterocycles. The number of hydrogen-bond donors (Lipinski definition) is 0. The van der Waals surface area contributed by atoms with Gasteiger partial charge in [0, 0.05) is 26.3 Å². The molecule has 0 aliphatic carbocycles. The molecule has 2 aromatic carbocycles. The second-order valence-electron chi connectivity index (χ2n) is 6.50. The Balaban J connectivity index is 1.69. The maximum atomic E-state index is 12.3. The van der Waals surface area contributed by atoms with Gasteiger partial charge in [-0.3, -0.25) is 4.57 Å². The van der Waals surface area contributed by atoms with Crippen LogP contribution in [0.2, 0.25) is 0 Å². The lowest BCUT2D eigenvalue weighted by molar-refractivity contribution is 0.500. The molecule has 136 valence electrons. The first-order chi connectivity index (χ1) is 12.4. The van der Waals surface area contributed by atoms with Crippen molar-refractivity contribution < 1.29 is 12.8 Å². The van der Waals surface area contributed by atoms with Gasteiger partial charge in [0.15, 0.2) is 5.58 Å². The molecule has 1 aromatic heterocycles. The van der Waals surface area contributed by atoms with E-state index in [0.717, 1.165) is 23.2 Å². The molecule has 0 fully saturated rings. The predicted molar refractivity (Wildman–Crippen MR) is 98.8 cm³/mol. The monoisotopic (exact) mass is 373 g/mol. The third-order valence-electron chi connectivity index (χ3n) is 4.71. The Hall–Kier alpha value is -2.58. The van der Waals surface area contributed by atoms with Crippen LogP contribution in [0.3, 0.4) is 0 Å². The maximum Gasteiger partial charge on any atom is 0.421 e. The van der Waals surface area contributed by atoms with E-state index in [9.17, 15) is 13.2 Å². The van der Waals surface area contributed by atoms with Crippen molar-refractivity contribution in [1.29, 1.82) is 0 Å². The van der Waals surface area contributed by atoms with Crippen LogP contribution in [0.5, 0.6) is 0 Å². The second-order valence-corrected chi connectivity index (χ2v) is 8.65. The van der Waals surface area contributed by atoms with Crippen LogP contribution in [-0.2, 0) is 23.1 Å². The molecule has 0 radical (unpaired) electrons. The molecule has 0 unspecified atom stereocenters. The number of sulfonamides is 1. The maximum absolute atomic E-state index is 12.3. The molecular weight excluding hydrogens is 354 g/mol. The third kappa shape index (κ3) is 2.62. The van der Waals surface area contributed by atoms with Crippen LogP contribution in [-0.4, -0.2) is 37.9 Å². The first-order valence-electron chi connectivity index (χ1n) is 8.27. The highest BCUT2D eigenvalue weighted by atomic mass is 32.2. The summed E-state index contributed by atoms with van der Waals surface area (Å²) in [5, 5.41) is 0. The standard InChI is InChI=1S/C18H19N3O4S/c1-19(2)26(23,24)14-7-8-15-13(11-14)9-10-20(15)12-21-16-5-3-4-6-17(16)25-18(21)22/h3-8,11H,9-10,12H2,1-2H3. The van der Waals surface area contributed by atoms with E-state index >= 15 is 0 Å². The zero-order valence-corrected chi connectivity index (χ0v) is 15.4. The number of oxazole rings is 1. The van der Waals surface area contributed by atoms with Gasteiger partial charge in [0.1, 0.15) is 6.67 Å². The molecule has 4 rings (SSSR count). The van der Waals surface area contributed by atoms with E-state index in [-0.39, 0.29) is 4.90 Å². The SMILES string of the molecule is CN(C)S(=O)(=O)c1ccc2c(c1)CCN2Cn1c(=O)oc2ccccc21. The van der Waals surface area contributed by atoms with Crippen molar-refractivity contribution >= 4 is 26.8 Å². The van der Waals surface area contributed by atoms with Gasteiger partial charge < -0.3 is 9.32 Å². The summed E-state index contributed by atoms with van der Waals surface area (Å²) in [4.78, 5) is 14.5. The molecule has 7 nitrogen and oxygen atoms in total. The Morgan fingerprint density at radius 1 is 1.15 bits per heavy atom. The normalized spacial score (nSPS) is 14.3. The Morgan fingerprint density at radius 2 is 1.92 bits per heavy atom. The summed E-state index contributed by atoms with van der Waals surface area (Å²) in [7, 11) is -0.419. The van der Waals surface area contributed by atoms with E-state index in [1.165, 1.54) is 18.4 Å². The summed E-state index contributed by atoms with van der Waals surface area (Å²) in [6.07, 6.45) is 0.733. The Bertz CT molecular complexity index is 1140. The van der Waals surface area contributed by atoms with Gasteiger partial charge in [0.2, 0.25) is 10.0 Å². The highest BCUT2D eigenvalue weighted by molar-refractivity contribution is 7.89. The summed E-state index contributed by atoms with van der Waals surface area (Å²) >= 11 is 0. The van der Waals surface area contributed by atoms with Crippen LogP contribution < -0.4 is 10.7 Å². The summed E-state index contributed by atoms with van der Waals surface area (Å²) in [6, 6.07) is 12.5. The molecule has 1 aliphatic rings. The zero-order chi connectivity index (χ0) is 18.5. The van der Waals surface area contributed by atoms with Crippen LogP contribution in [0.1, 0.15) is 5.56 Å². The smallest absolute Gasteiger partial charge is 0.408 e. The van der Waals surface area contributed by atoms with E-state index in [2.05, 4.69) is 4.90 Å². The van der Waals surface area contributed by atoms with E-state index in [4.69, 9.17) is 4.42 Å². The number of aromatic nitrogens is 1. The van der Waals surface area contributed by atoms with Crippen LogP contribution in [0.4, 0.5) is 5.69 Å². The quantitative estimate of drug-likeness (QED) is 0.698. The summed E-state index contributed by atoms with van der Waals surface area (Å²) in [6.45, 7) is 1.08. The van der Waals surface area contributed by atoms with Gasteiger partial charge in [-0.25, -0.2) is 17.5 Å². The Morgan fingerprint density at radius 3 is 2.69 bits per heavy atom. The fraction of sp³-hybridized carbons (Fsp3) is 0.278. The van der Waals surface area contributed by atoms with Gasteiger partial charge in [-0.15, -0.1) is 0 Å². The summed E-state index contributed by atoms with van der Waals surface area (Å²) < 4.78 is 32.7. The van der Waals surface area contributed by atoms with Crippen LogP contribution >= 0.6 is 0 Å². The first kappa shape index (κ1) is 16.9. The van der Waals surface area contributed by atoms with Crippen molar-refractivity contribution in [3.05, 3.63) is 58.6 Å². The average Bonchev–Trinajstić information content (AvgIpc) is 3.16. The molecule has 0 saturated heterocycles. The van der Waals surface area contributed by atoms with E-state index in [0.29, 0.717) is 18.8 Å². The van der Waals surface area contributed by atoms with Crippen molar-refractivity contribution in [2.24, 2.45) is 0 Å². The molecule has 0 saturated carbocycles. The van der Waals surface area contributed by atoms with Crippen molar-refractivity contribution in [2.75, 3.05) is 25.5 Å². The Labute approximate surface area is 151 Å². The molecule has 0 N–H and O–H groups in total. The van der Waals surface area contributed by atoms with Gasteiger partial charge in [0.25, 0.3) is 0 Å². The molecule has 0 amide bonds. The number of fused-ring (bicyclic) bond motifs is 2. The lowest BCUT2D eigenvalue weighted by Gasteiger charge is -2.20. The van der Waals surface area contributed by atoms with Gasteiger partial charge >= 0.3 is 5.76 Å². The zero-order valence-electron chi connectivity index (χ0n) is 14.5. The minimum atomic E-state index is -3.46. The number of hydrogen-bond acceptors (Lipinski definition) is 5. The average molecular weight is 373 g/mol. The minimum absolute atomic E-state index is 0.286. The van der Waals surface area contributed by atoms with Crippen molar-refractivity contribution in [2.45, 2.75) is 18.0 Å². The highest BCUT2D eigenvalue weighted by Crippen LogP contribution is 2.31.